The molecule has 3 heterocycles. The van der Waals surface area contributed by atoms with Crippen molar-refractivity contribution in [1.29, 1.82) is 0 Å². The van der Waals surface area contributed by atoms with Crippen molar-refractivity contribution in [2.75, 3.05) is 13.6 Å². The molecule has 3 aliphatic heterocycles. The predicted octanol–water partition coefficient (Wildman–Crippen LogP) is 1.64. The van der Waals surface area contributed by atoms with Gasteiger partial charge in [0.25, 0.3) is 0 Å². The van der Waals surface area contributed by atoms with E-state index in [2.05, 4.69) is 30.0 Å². The third-order valence-electron chi connectivity index (χ3n) is 8.01. The summed E-state index contributed by atoms with van der Waals surface area (Å²) in [4.78, 5) is 33.7. The molecule has 0 aromatic rings. The number of nitrogens with one attached hydrogen (secondary N) is 3. The summed E-state index contributed by atoms with van der Waals surface area (Å²) in [7, 11) is 1.99. The highest BCUT2D eigenvalue weighted by molar-refractivity contribution is 5.81. The van der Waals surface area contributed by atoms with Gasteiger partial charge in [-0.05, 0) is 63.7 Å². The molecule has 0 bridgehead atoms. The van der Waals surface area contributed by atoms with Crippen LogP contribution in [0.2, 0.25) is 0 Å². The molecule has 1 aliphatic carbocycles. The molecule has 3 saturated heterocycles. The number of fused-ring (bicyclic) bond motifs is 1. The van der Waals surface area contributed by atoms with Crippen LogP contribution in [0.4, 0.5) is 0 Å². The minimum atomic E-state index is -0.242. The summed E-state index contributed by atoms with van der Waals surface area (Å²) >= 11 is 0. The Balaban J connectivity index is 1.41. The topological polar surface area (TPSA) is 82.7 Å². The fraction of sp³-hybridized carbons (Fsp3) is 0.909. The van der Waals surface area contributed by atoms with E-state index in [4.69, 9.17) is 4.84 Å². The van der Waals surface area contributed by atoms with E-state index in [0.717, 1.165) is 45.1 Å². The van der Waals surface area contributed by atoms with Gasteiger partial charge < -0.3 is 15.5 Å². The summed E-state index contributed by atoms with van der Waals surface area (Å²) < 4.78 is 0. The number of carbonyl (C=O) groups excluding carboxylic acids is 2. The van der Waals surface area contributed by atoms with Crippen molar-refractivity contribution in [2.24, 2.45) is 29.6 Å². The van der Waals surface area contributed by atoms with Gasteiger partial charge in [-0.15, -0.1) is 0 Å². The molecule has 0 spiro atoms. The lowest BCUT2D eigenvalue weighted by atomic mass is 9.64. The van der Waals surface area contributed by atoms with E-state index in [1.807, 2.05) is 18.9 Å². The molecule has 7 heteroatoms. The Labute approximate surface area is 174 Å². The van der Waals surface area contributed by atoms with Gasteiger partial charge in [-0.3, -0.25) is 14.4 Å². The first-order valence-electron chi connectivity index (χ1n) is 11.5. The Bertz CT molecular complexity index is 629. The molecule has 3 N–H and O–H groups in total. The van der Waals surface area contributed by atoms with Crippen LogP contribution in [0.5, 0.6) is 0 Å². The van der Waals surface area contributed by atoms with Crippen LogP contribution in [0.1, 0.15) is 59.3 Å². The second-order valence-corrected chi connectivity index (χ2v) is 10.2. The van der Waals surface area contributed by atoms with Gasteiger partial charge in [-0.2, -0.15) is 5.48 Å². The Hall–Kier alpha value is -1.18. The van der Waals surface area contributed by atoms with Gasteiger partial charge in [0.15, 0.2) is 6.23 Å². The van der Waals surface area contributed by atoms with E-state index < -0.39 is 0 Å². The number of hydrogen-bond donors (Lipinski definition) is 3. The van der Waals surface area contributed by atoms with Crippen molar-refractivity contribution < 1.29 is 14.4 Å². The van der Waals surface area contributed by atoms with Crippen LogP contribution in [0.15, 0.2) is 0 Å². The highest BCUT2D eigenvalue weighted by Gasteiger charge is 2.47. The summed E-state index contributed by atoms with van der Waals surface area (Å²) in [5, 5.41) is 6.66. The number of amides is 2. The molecule has 164 valence electrons. The summed E-state index contributed by atoms with van der Waals surface area (Å²) in [5.74, 6) is 1.72. The smallest absolute Gasteiger partial charge is 0.225 e. The van der Waals surface area contributed by atoms with Crippen LogP contribution >= 0.6 is 0 Å². The molecule has 7 nitrogen and oxygen atoms in total. The van der Waals surface area contributed by atoms with Crippen molar-refractivity contribution in [3.05, 3.63) is 0 Å². The maximum absolute atomic E-state index is 13.3. The molecule has 4 fully saturated rings. The number of hydrogen-bond acceptors (Lipinski definition) is 5. The maximum Gasteiger partial charge on any atom is 0.225 e. The lowest BCUT2D eigenvalue weighted by Crippen LogP contribution is -2.60. The predicted molar refractivity (Wildman–Crippen MR) is 110 cm³/mol. The van der Waals surface area contributed by atoms with Crippen LogP contribution in [0, 0.1) is 29.6 Å². The lowest BCUT2D eigenvalue weighted by Gasteiger charge is -2.50. The minimum absolute atomic E-state index is 0.0176. The van der Waals surface area contributed by atoms with Crippen molar-refractivity contribution in [3.63, 3.8) is 0 Å². The maximum atomic E-state index is 13.3. The number of rotatable bonds is 3. The van der Waals surface area contributed by atoms with E-state index in [9.17, 15) is 9.59 Å². The fourth-order valence-corrected chi connectivity index (χ4v) is 6.19. The van der Waals surface area contributed by atoms with Gasteiger partial charge in [0.05, 0.1) is 0 Å². The zero-order valence-electron chi connectivity index (χ0n) is 18.3. The average Bonchev–Trinajstić information content (AvgIpc) is 3.10. The molecule has 0 aromatic carbocycles. The molecule has 9 unspecified atom stereocenters. The Kier molecular flexibility index (Phi) is 6.19. The largest absolute Gasteiger partial charge is 0.342 e. The molecule has 0 aromatic heterocycles. The van der Waals surface area contributed by atoms with Crippen molar-refractivity contribution in [2.45, 2.75) is 83.6 Å². The van der Waals surface area contributed by atoms with E-state index in [1.165, 1.54) is 0 Å². The highest BCUT2D eigenvalue weighted by Crippen LogP contribution is 2.44. The molecule has 1 saturated carbocycles. The molecule has 2 amide bonds. The van der Waals surface area contributed by atoms with Gasteiger partial charge >= 0.3 is 0 Å². The second-order valence-electron chi connectivity index (χ2n) is 10.2. The Morgan fingerprint density at radius 2 is 1.90 bits per heavy atom. The van der Waals surface area contributed by atoms with Gasteiger partial charge in [0.1, 0.15) is 0 Å². The zero-order valence-corrected chi connectivity index (χ0v) is 18.3. The first kappa shape index (κ1) is 21.1. The zero-order chi connectivity index (χ0) is 20.7. The molecule has 4 aliphatic rings. The second kappa shape index (κ2) is 8.52. The lowest BCUT2D eigenvalue weighted by molar-refractivity contribution is -0.150. The first-order chi connectivity index (χ1) is 13.8. The van der Waals surface area contributed by atoms with Gasteiger partial charge in [0, 0.05) is 50.0 Å². The average molecular weight is 407 g/mol. The molecular weight excluding hydrogens is 368 g/mol. The van der Waals surface area contributed by atoms with Crippen LogP contribution < -0.4 is 16.1 Å². The molecule has 9 atom stereocenters. The molecule has 29 heavy (non-hydrogen) atoms. The van der Waals surface area contributed by atoms with Crippen molar-refractivity contribution >= 4 is 11.8 Å². The molecular formula is C22H38N4O3. The summed E-state index contributed by atoms with van der Waals surface area (Å²) in [6, 6.07) is 1.09. The fourth-order valence-electron chi connectivity index (χ4n) is 6.19. The summed E-state index contributed by atoms with van der Waals surface area (Å²) in [6.07, 6.45) is 5.28. The first-order valence-corrected chi connectivity index (χ1v) is 11.5. The molecule has 0 radical (unpaired) electrons. The Morgan fingerprint density at radius 1 is 1.10 bits per heavy atom. The normalized spacial score (nSPS) is 45.7. The number of likely N-dealkylation sites (tertiary alicyclic amines) is 1. The number of hydroxylamine groups is 1. The van der Waals surface area contributed by atoms with Crippen LogP contribution in [-0.4, -0.2) is 54.7 Å². The van der Waals surface area contributed by atoms with E-state index in [0.29, 0.717) is 29.8 Å². The number of nitrogens with zero attached hydrogens (tertiary/aromatic N) is 1. The van der Waals surface area contributed by atoms with E-state index in [-0.39, 0.29) is 35.9 Å². The Morgan fingerprint density at radius 3 is 2.62 bits per heavy atom. The van der Waals surface area contributed by atoms with Gasteiger partial charge in [-0.25, -0.2) is 0 Å². The van der Waals surface area contributed by atoms with Crippen LogP contribution in [-0.2, 0) is 14.4 Å². The summed E-state index contributed by atoms with van der Waals surface area (Å²) in [5.41, 5.74) is 2.91. The van der Waals surface area contributed by atoms with Gasteiger partial charge in [-0.1, -0.05) is 6.92 Å². The summed E-state index contributed by atoms with van der Waals surface area (Å²) in [6.45, 7) is 7.52. The highest BCUT2D eigenvalue weighted by atomic mass is 16.7. The van der Waals surface area contributed by atoms with Gasteiger partial charge in [0.2, 0.25) is 11.8 Å². The van der Waals surface area contributed by atoms with Crippen molar-refractivity contribution in [3.8, 4) is 0 Å². The monoisotopic (exact) mass is 406 g/mol. The van der Waals surface area contributed by atoms with Crippen LogP contribution in [0.25, 0.3) is 0 Å². The number of piperidine rings is 2. The van der Waals surface area contributed by atoms with E-state index >= 15 is 0 Å². The third kappa shape index (κ3) is 4.32. The van der Waals surface area contributed by atoms with Crippen LogP contribution in [0.3, 0.4) is 0 Å². The number of carbonyl (C=O) groups is 2. The standard InChI is InChI=1S/C22H38N4O3/c1-12-5-6-15(21(27)24-20-8-14(3)25-29-20)9-17(12)18-10-16-11-23-13(2)7-19(16)26(4)22(18)28/h12-20,23,25H,5-11H2,1-4H3,(H,24,27). The minimum Gasteiger partial charge on any atom is -0.342 e. The third-order valence-corrected chi connectivity index (χ3v) is 8.01. The molecule has 4 rings (SSSR count). The quantitative estimate of drug-likeness (QED) is 0.664. The van der Waals surface area contributed by atoms with Crippen molar-refractivity contribution in [1.82, 2.24) is 21.0 Å². The SMILES string of the molecule is CC1CC2C(CN1)CC(C1CC(C(=O)NC3CC(C)NO3)CCC1C)C(=O)N2C. The van der Waals surface area contributed by atoms with E-state index in [1.54, 1.807) is 0 Å².